The third-order valence-electron chi connectivity index (χ3n) is 4.40. The highest BCUT2D eigenvalue weighted by Crippen LogP contribution is 2.26. The van der Waals surface area contributed by atoms with E-state index in [1.54, 1.807) is 4.57 Å². The summed E-state index contributed by atoms with van der Waals surface area (Å²) in [5, 5.41) is 0. The van der Waals surface area contributed by atoms with Crippen molar-refractivity contribution in [1.82, 2.24) is 9.47 Å². The van der Waals surface area contributed by atoms with E-state index in [9.17, 15) is 9.59 Å². The predicted molar refractivity (Wildman–Crippen MR) is 84.9 cm³/mol. The molecule has 0 N–H and O–H groups in total. The Morgan fingerprint density at radius 2 is 1.95 bits per heavy atom. The van der Waals surface area contributed by atoms with Crippen molar-refractivity contribution >= 4 is 17.0 Å². The highest BCUT2D eigenvalue weighted by atomic mass is 16.4. The first-order valence-electron chi connectivity index (χ1n) is 7.88. The number of likely N-dealkylation sites (tertiary alicyclic amines) is 1. The van der Waals surface area contributed by atoms with Crippen molar-refractivity contribution in [1.29, 1.82) is 0 Å². The number of carbonyl (C=O) groups is 1. The Kier molecular flexibility index (Phi) is 3.81. The minimum Gasteiger partial charge on any atom is -0.408 e. The molecule has 2 heterocycles. The number of fused-ring (bicyclic) bond motifs is 1. The van der Waals surface area contributed by atoms with E-state index >= 15 is 0 Å². The van der Waals surface area contributed by atoms with Crippen LogP contribution in [-0.2, 0) is 4.79 Å². The predicted octanol–water partition coefficient (Wildman–Crippen LogP) is 2.72. The lowest BCUT2D eigenvalue weighted by atomic mass is 10.0. The van der Waals surface area contributed by atoms with Crippen molar-refractivity contribution in [3.63, 3.8) is 0 Å². The summed E-state index contributed by atoms with van der Waals surface area (Å²) >= 11 is 0. The van der Waals surface area contributed by atoms with E-state index in [1.807, 2.05) is 43.9 Å². The fourth-order valence-electron chi connectivity index (χ4n) is 3.20. The Morgan fingerprint density at radius 1 is 1.27 bits per heavy atom. The van der Waals surface area contributed by atoms with Crippen molar-refractivity contribution in [3.05, 3.63) is 34.3 Å². The number of aryl methyl sites for hydroxylation is 1. The average molecular weight is 302 g/mol. The van der Waals surface area contributed by atoms with Gasteiger partial charge < -0.3 is 9.32 Å². The van der Waals surface area contributed by atoms with Crippen molar-refractivity contribution in [2.45, 2.75) is 39.7 Å². The van der Waals surface area contributed by atoms with Crippen molar-refractivity contribution in [2.75, 3.05) is 13.1 Å². The largest absolute Gasteiger partial charge is 0.420 e. The number of piperidine rings is 1. The normalized spacial score (nSPS) is 16.6. The summed E-state index contributed by atoms with van der Waals surface area (Å²) in [5.74, 6) is -0.0791. The monoisotopic (exact) mass is 302 g/mol. The Labute approximate surface area is 129 Å². The molecular weight excluding hydrogens is 280 g/mol. The lowest BCUT2D eigenvalue weighted by Gasteiger charge is -2.33. The van der Waals surface area contributed by atoms with Gasteiger partial charge >= 0.3 is 5.76 Å². The topological polar surface area (TPSA) is 55.5 Å². The summed E-state index contributed by atoms with van der Waals surface area (Å²) in [5.41, 5.74) is 2.60. The van der Waals surface area contributed by atoms with Gasteiger partial charge in [0, 0.05) is 25.0 Å². The third kappa shape index (κ3) is 2.56. The second kappa shape index (κ2) is 5.63. The molecule has 1 fully saturated rings. The van der Waals surface area contributed by atoms with Crippen LogP contribution in [0.1, 0.15) is 38.3 Å². The summed E-state index contributed by atoms with van der Waals surface area (Å²) in [4.78, 5) is 26.1. The number of nitrogens with zero attached hydrogens (tertiary/aromatic N) is 2. The maximum atomic E-state index is 12.2. The molecule has 22 heavy (non-hydrogen) atoms. The Bertz CT molecular complexity index is 749. The number of aromatic nitrogens is 1. The third-order valence-corrected chi connectivity index (χ3v) is 4.40. The van der Waals surface area contributed by atoms with Crippen LogP contribution in [0.2, 0.25) is 0 Å². The smallest absolute Gasteiger partial charge is 0.408 e. The molecule has 1 aromatic carbocycles. The van der Waals surface area contributed by atoms with Gasteiger partial charge in [0.15, 0.2) is 5.58 Å². The lowest BCUT2D eigenvalue weighted by molar-refractivity contribution is -0.135. The molecule has 0 unspecified atom stereocenters. The molecule has 0 atom stereocenters. The molecule has 1 aliphatic heterocycles. The molecule has 0 radical (unpaired) electrons. The van der Waals surface area contributed by atoms with Crippen molar-refractivity contribution < 1.29 is 9.21 Å². The van der Waals surface area contributed by atoms with Gasteiger partial charge in [0.1, 0.15) is 0 Å². The quantitative estimate of drug-likeness (QED) is 0.857. The van der Waals surface area contributed by atoms with Gasteiger partial charge in [-0.05, 0) is 37.5 Å². The van der Waals surface area contributed by atoms with E-state index in [-0.39, 0.29) is 23.6 Å². The molecule has 1 amide bonds. The molecule has 5 heteroatoms. The zero-order valence-electron chi connectivity index (χ0n) is 13.3. The van der Waals surface area contributed by atoms with Gasteiger partial charge in [-0.25, -0.2) is 4.79 Å². The Morgan fingerprint density at radius 3 is 2.59 bits per heavy atom. The first-order chi connectivity index (χ1) is 10.5. The van der Waals surface area contributed by atoms with Crippen LogP contribution in [0.3, 0.4) is 0 Å². The summed E-state index contributed by atoms with van der Waals surface area (Å²) in [6.45, 7) is 7.25. The zero-order valence-corrected chi connectivity index (χ0v) is 13.3. The Balaban J connectivity index is 1.85. The number of amides is 1. The van der Waals surface area contributed by atoms with Crippen LogP contribution < -0.4 is 5.76 Å². The van der Waals surface area contributed by atoms with Crippen LogP contribution in [-0.4, -0.2) is 28.5 Å². The molecule has 1 saturated heterocycles. The summed E-state index contributed by atoms with van der Waals surface area (Å²) < 4.78 is 7.11. The molecular formula is C17H22N2O3. The lowest BCUT2D eigenvalue weighted by Crippen LogP contribution is -2.42. The molecule has 0 bridgehead atoms. The molecule has 2 aromatic rings. The van der Waals surface area contributed by atoms with Crippen LogP contribution in [0.5, 0.6) is 0 Å². The van der Waals surface area contributed by atoms with E-state index in [1.165, 1.54) is 0 Å². The highest BCUT2D eigenvalue weighted by molar-refractivity contribution is 5.78. The van der Waals surface area contributed by atoms with Gasteiger partial charge in [-0.3, -0.25) is 9.36 Å². The fraction of sp³-hybridized carbons (Fsp3) is 0.529. The molecule has 1 aliphatic rings. The van der Waals surface area contributed by atoms with Crippen molar-refractivity contribution in [2.24, 2.45) is 5.92 Å². The van der Waals surface area contributed by atoms with Crippen molar-refractivity contribution in [3.8, 4) is 0 Å². The first-order valence-corrected chi connectivity index (χ1v) is 7.88. The van der Waals surface area contributed by atoms with E-state index in [0.29, 0.717) is 18.7 Å². The van der Waals surface area contributed by atoms with E-state index in [2.05, 4.69) is 0 Å². The number of carbonyl (C=O) groups excluding carboxylic acids is 1. The second-order valence-corrected chi connectivity index (χ2v) is 6.42. The molecule has 0 saturated carbocycles. The summed E-state index contributed by atoms with van der Waals surface area (Å²) in [6.07, 6.45) is 1.59. The molecule has 1 aromatic heterocycles. The molecule has 118 valence electrons. The van der Waals surface area contributed by atoms with E-state index in [0.717, 1.165) is 23.9 Å². The van der Waals surface area contributed by atoms with Gasteiger partial charge in [-0.1, -0.05) is 19.9 Å². The summed E-state index contributed by atoms with van der Waals surface area (Å²) in [7, 11) is 0. The zero-order chi connectivity index (χ0) is 15.9. The number of hydrogen-bond acceptors (Lipinski definition) is 3. The maximum Gasteiger partial charge on any atom is 0.420 e. The van der Waals surface area contributed by atoms with Gasteiger partial charge in [0.25, 0.3) is 0 Å². The van der Waals surface area contributed by atoms with Crippen LogP contribution in [0.25, 0.3) is 11.1 Å². The molecule has 5 nitrogen and oxygen atoms in total. The van der Waals surface area contributed by atoms with Crippen LogP contribution in [0, 0.1) is 12.8 Å². The van der Waals surface area contributed by atoms with Crippen LogP contribution in [0.15, 0.2) is 27.4 Å². The van der Waals surface area contributed by atoms with Gasteiger partial charge in [0.05, 0.1) is 5.52 Å². The van der Waals surface area contributed by atoms with Gasteiger partial charge in [0.2, 0.25) is 5.91 Å². The van der Waals surface area contributed by atoms with E-state index in [4.69, 9.17) is 4.42 Å². The number of hydrogen-bond donors (Lipinski definition) is 0. The first kappa shape index (κ1) is 14.9. The maximum absolute atomic E-state index is 12.2. The van der Waals surface area contributed by atoms with Gasteiger partial charge in [-0.15, -0.1) is 0 Å². The number of rotatable bonds is 2. The molecule has 0 aliphatic carbocycles. The van der Waals surface area contributed by atoms with Crippen LogP contribution in [0.4, 0.5) is 0 Å². The minimum absolute atomic E-state index is 0.0247. The number of benzene rings is 1. The fourth-order valence-corrected chi connectivity index (χ4v) is 3.20. The molecule has 3 rings (SSSR count). The highest BCUT2D eigenvalue weighted by Gasteiger charge is 2.27. The average Bonchev–Trinajstić information content (AvgIpc) is 2.82. The van der Waals surface area contributed by atoms with E-state index < -0.39 is 0 Å². The van der Waals surface area contributed by atoms with Gasteiger partial charge in [-0.2, -0.15) is 0 Å². The second-order valence-electron chi connectivity index (χ2n) is 6.42. The van der Waals surface area contributed by atoms with Crippen LogP contribution >= 0.6 is 0 Å². The number of oxazole rings is 1. The Hall–Kier alpha value is -2.04. The molecule has 0 spiro atoms. The standard InChI is InChI=1S/C17H22N2O3/c1-11(2)16(20)18-8-6-13(7-9-18)19-14-10-12(3)4-5-15(14)22-17(19)21/h4-5,10-11,13H,6-9H2,1-3H3. The SMILES string of the molecule is Cc1ccc2oc(=O)n(C3CCN(C(=O)C(C)C)CC3)c2c1. The minimum atomic E-state index is -0.297. The summed E-state index contributed by atoms with van der Waals surface area (Å²) in [6, 6.07) is 5.89.